The van der Waals surface area contributed by atoms with Gasteiger partial charge in [-0.05, 0) is 106 Å². The van der Waals surface area contributed by atoms with Gasteiger partial charge in [-0.2, -0.15) is 0 Å². The molecule has 0 spiro atoms. The molecule has 11 rings (SSSR count). The smallest absolute Gasteiger partial charge is 0.324 e. The van der Waals surface area contributed by atoms with E-state index in [-0.39, 0.29) is 12.8 Å². The van der Waals surface area contributed by atoms with Crippen LogP contribution in [0, 0.1) is 0 Å². The first kappa shape index (κ1) is 29.5. The number of benzene rings is 3. The molecular formula is C46H34BN5. The Balaban J connectivity index is 1.27. The van der Waals surface area contributed by atoms with Crippen LogP contribution in [0.4, 0.5) is 0 Å². The molecule has 3 aliphatic heterocycles. The molecule has 6 heteroatoms. The molecule has 0 fully saturated rings. The van der Waals surface area contributed by atoms with E-state index in [1.807, 2.05) is 24.8 Å². The molecule has 0 radical (unpaired) electrons. The van der Waals surface area contributed by atoms with Gasteiger partial charge < -0.3 is 10.1 Å². The van der Waals surface area contributed by atoms with Gasteiger partial charge in [0.15, 0.2) is 0 Å². The number of allylic oxidation sites excluding steroid dienone is 10. The van der Waals surface area contributed by atoms with Crippen molar-refractivity contribution >= 4 is 29.4 Å². The van der Waals surface area contributed by atoms with E-state index in [2.05, 4.69) is 141 Å². The van der Waals surface area contributed by atoms with E-state index in [9.17, 15) is 0 Å². The van der Waals surface area contributed by atoms with Crippen LogP contribution in [0.15, 0.2) is 190 Å². The van der Waals surface area contributed by atoms with Crippen molar-refractivity contribution in [2.24, 2.45) is 4.99 Å². The largest absolute Gasteiger partial charge is 0.348 e. The molecule has 0 bridgehead atoms. The molecule has 5 nitrogen and oxygen atoms in total. The molecule has 5 aromatic rings. The van der Waals surface area contributed by atoms with Gasteiger partial charge in [-0.3, -0.25) is 9.97 Å². The molecule has 0 amide bonds. The highest BCUT2D eigenvalue weighted by atomic mass is 15.3. The SMILES string of the molecule is C1=CC2=C(CC1)C1=C(C2)B2C3=C(C(c4ccncc4)=C4NC(C(c5ccccc5)c5ccccc5)=NC(=C1c1ccncc1)N24)c1ccccc1C3. The van der Waals surface area contributed by atoms with Gasteiger partial charge in [0, 0.05) is 35.9 Å². The molecule has 246 valence electrons. The molecule has 2 aromatic heterocycles. The van der Waals surface area contributed by atoms with E-state index in [1.54, 1.807) is 0 Å². The minimum Gasteiger partial charge on any atom is -0.348 e. The van der Waals surface area contributed by atoms with E-state index >= 15 is 0 Å². The maximum absolute atomic E-state index is 5.83. The highest BCUT2D eigenvalue weighted by molar-refractivity contribution is 6.76. The zero-order valence-electron chi connectivity index (χ0n) is 28.6. The number of nitrogens with one attached hydrogen (secondary N) is 1. The van der Waals surface area contributed by atoms with E-state index in [4.69, 9.17) is 4.99 Å². The second kappa shape index (κ2) is 11.6. The van der Waals surface area contributed by atoms with Gasteiger partial charge in [0.05, 0.1) is 5.92 Å². The lowest BCUT2D eigenvalue weighted by molar-refractivity contribution is 0.582. The minimum atomic E-state index is -0.113. The number of hydrogen-bond donors (Lipinski definition) is 1. The molecule has 6 aliphatic rings. The lowest BCUT2D eigenvalue weighted by Crippen LogP contribution is -2.54. The maximum atomic E-state index is 5.83. The number of hydrogen-bond acceptors (Lipinski definition) is 5. The first-order chi connectivity index (χ1) is 25.8. The second-order valence-corrected chi connectivity index (χ2v) is 14.3. The third-order valence-corrected chi connectivity index (χ3v) is 11.6. The minimum absolute atomic E-state index is 0.0438. The average molecular weight is 668 g/mol. The summed E-state index contributed by atoms with van der Waals surface area (Å²) in [6.45, 7) is 0.0438. The third kappa shape index (κ3) is 4.34. The van der Waals surface area contributed by atoms with E-state index < -0.39 is 0 Å². The van der Waals surface area contributed by atoms with Crippen LogP contribution >= 0.6 is 0 Å². The fourth-order valence-corrected chi connectivity index (χ4v) is 9.49. The van der Waals surface area contributed by atoms with Gasteiger partial charge in [0.2, 0.25) is 0 Å². The summed E-state index contributed by atoms with van der Waals surface area (Å²) in [5.41, 5.74) is 18.5. The molecule has 52 heavy (non-hydrogen) atoms. The summed E-state index contributed by atoms with van der Waals surface area (Å²) in [7, 11) is 0. The Kier molecular flexibility index (Phi) is 6.60. The first-order valence-electron chi connectivity index (χ1n) is 18.3. The van der Waals surface area contributed by atoms with Gasteiger partial charge in [0.25, 0.3) is 0 Å². The summed E-state index contributed by atoms with van der Waals surface area (Å²) < 4.78 is 0. The normalized spacial score (nSPS) is 18.4. The van der Waals surface area contributed by atoms with Crippen molar-refractivity contribution in [2.45, 2.75) is 31.6 Å². The van der Waals surface area contributed by atoms with Crippen molar-refractivity contribution in [1.82, 2.24) is 20.1 Å². The fourth-order valence-electron chi connectivity index (χ4n) is 9.49. The molecule has 0 saturated heterocycles. The van der Waals surface area contributed by atoms with Crippen LogP contribution in [0.2, 0.25) is 0 Å². The summed E-state index contributed by atoms with van der Waals surface area (Å²) in [4.78, 5) is 17.3. The summed E-state index contributed by atoms with van der Waals surface area (Å²) in [6, 6.07) is 39.3. The van der Waals surface area contributed by atoms with Gasteiger partial charge in [0.1, 0.15) is 17.5 Å². The van der Waals surface area contributed by atoms with Gasteiger partial charge in [-0.15, -0.1) is 0 Å². The van der Waals surface area contributed by atoms with E-state index in [0.29, 0.717) is 0 Å². The van der Waals surface area contributed by atoms with Crippen LogP contribution < -0.4 is 5.32 Å². The topological polar surface area (TPSA) is 53.4 Å². The highest BCUT2D eigenvalue weighted by Gasteiger charge is 2.52. The van der Waals surface area contributed by atoms with Crippen molar-refractivity contribution in [3.63, 3.8) is 0 Å². The van der Waals surface area contributed by atoms with E-state index in [1.165, 1.54) is 66.6 Å². The van der Waals surface area contributed by atoms with Crippen molar-refractivity contribution < 1.29 is 0 Å². The van der Waals surface area contributed by atoms with Crippen LogP contribution in [-0.4, -0.2) is 27.5 Å². The Morgan fingerprint density at radius 3 is 1.98 bits per heavy atom. The Hall–Kier alpha value is -6.27. The second-order valence-electron chi connectivity index (χ2n) is 14.3. The molecule has 0 saturated carbocycles. The lowest BCUT2D eigenvalue weighted by Gasteiger charge is -2.47. The lowest BCUT2D eigenvalue weighted by atomic mass is 9.42. The molecule has 1 N–H and O–H groups in total. The van der Waals surface area contributed by atoms with E-state index in [0.717, 1.165) is 54.3 Å². The zero-order valence-corrected chi connectivity index (χ0v) is 28.6. The molecule has 0 atom stereocenters. The van der Waals surface area contributed by atoms with Gasteiger partial charge >= 0.3 is 6.85 Å². The molecule has 0 unspecified atom stereocenters. The van der Waals surface area contributed by atoms with Crippen LogP contribution in [0.25, 0.3) is 16.7 Å². The first-order valence-corrected chi connectivity index (χ1v) is 18.3. The summed E-state index contributed by atoms with van der Waals surface area (Å²) in [5, 5.41) is 4.09. The van der Waals surface area contributed by atoms with Gasteiger partial charge in [-0.25, -0.2) is 4.99 Å². The molecular weight excluding hydrogens is 633 g/mol. The van der Waals surface area contributed by atoms with Crippen molar-refractivity contribution in [2.75, 3.05) is 0 Å². The Bertz CT molecular complexity index is 2490. The average Bonchev–Trinajstić information content (AvgIpc) is 3.79. The Morgan fingerprint density at radius 1 is 0.635 bits per heavy atom. The summed E-state index contributed by atoms with van der Waals surface area (Å²) in [5.74, 6) is 2.90. The summed E-state index contributed by atoms with van der Waals surface area (Å²) in [6.07, 6.45) is 16.4. The van der Waals surface area contributed by atoms with Crippen LogP contribution in [0.5, 0.6) is 0 Å². The maximum Gasteiger partial charge on any atom is 0.324 e. The monoisotopic (exact) mass is 667 g/mol. The number of aliphatic imine (C=N–C) groups is 1. The van der Waals surface area contributed by atoms with Crippen molar-refractivity contribution in [3.05, 3.63) is 219 Å². The quantitative estimate of drug-likeness (QED) is 0.190. The van der Waals surface area contributed by atoms with Crippen LogP contribution in [0.1, 0.15) is 58.6 Å². The number of fused-ring (bicyclic) bond motifs is 5. The Morgan fingerprint density at radius 2 is 1.27 bits per heavy atom. The zero-order chi connectivity index (χ0) is 34.2. The molecule has 5 heterocycles. The third-order valence-electron chi connectivity index (χ3n) is 11.6. The van der Waals surface area contributed by atoms with Gasteiger partial charge in [-0.1, -0.05) is 108 Å². The standard InChI is InChI=1S/C46H34BN5/c1-3-11-29(12-4-1)39(30-13-5-2-6-14-30)44-50-45-40(31-19-23-48-24-20-31)42-35-17-9-7-15-33(35)27-37(42)47-38-28-34-16-8-10-18-36(34)43(38)41(46(51-44)52(45)47)32-21-25-49-26-22-32/h1-9,11-17,19-26,39H,10,18,27-28H2,(H,50,51). The van der Waals surface area contributed by atoms with Crippen molar-refractivity contribution in [3.8, 4) is 0 Å². The number of amidine groups is 1. The fraction of sp³-hybridized carbons (Fsp3) is 0.109. The molecule has 3 aliphatic carbocycles. The van der Waals surface area contributed by atoms with Crippen molar-refractivity contribution in [1.29, 1.82) is 0 Å². The Labute approximate surface area is 304 Å². The van der Waals surface area contributed by atoms with Crippen LogP contribution in [0.3, 0.4) is 0 Å². The number of aromatic nitrogens is 2. The summed E-state index contributed by atoms with van der Waals surface area (Å²) >= 11 is 0. The highest BCUT2D eigenvalue weighted by Crippen LogP contribution is 2.58. The molecule has 3 aromatic carbocycles. The number of nitrogens with zero attached hydrogens (tertiary/aromatic N) is 4. The predicted molar refractivity (Wildman–Crippen MR) is 209 cm³/mol. The predicted octanol–water partition coefficient (Wildman–Crippen LogP) is 9.10. The van der Waals surface area contributed by atoms with Crippen LogP contribution in [-0.2, 0) is 6.42 Å². The number of pyridine rings is 2. The number of rotatable bonds is 5.